The van der Waals surface area contributed by atoms with E-state index < -0.39 is 15.8 Å². The van der Waals surface area contributed by atoms with E-state index in [-0.39, 0.29) is 13.2 Å². The predicted octanol–water partition coefficient (Wildman–Crippen LogP) is 3.76. The molecule has 0 atom stereocenters. The molecule has 0 saturated carbocycles. The Morgan fingerprint density at radius 3 is 1.96 bits per heavy atom. The monoisotopic (exact) mass is 386 g/mol. The van der Waals surface area contributed by atoms with E-state index in [0.717, 1.165) is 11.1 Å². The Balaban J connectivity index is 1.87. The van der Waals surface area contributed by atoms with Crippen molar-refractivity contribution in [3.8, 4) is 5.75 Å². The van der Waals surface area contributed by atoms with Gasteiger partial charge in [0, 0.05) is 11.8 Å². The van der Waals surface area contributed by atoms with Crippen molar-refractivity contribution in [2.24, 2.45) is 0 Å². The van der Waals surface area contributed by atoms with Gasteiger partial charge in [-0.3, -0.25) is 0 Å². The number of hydrogen-bond acceptors (Lipinski definition) is 5. The maximum Gasteiger partial charge on any atom is 0.333 e. The third kappa shape index (κ3) is 6.75. The minimum Gasteiger partial charge on any atom is -0.490 e. The summed E-state index contributed by atoms with van der Waals surface area (Å²) in [7, 11) is -3.18. The molecule has 5 nitrogen and oxygen atoms in total. The molecule has 6 heteroatoms. The summed E-state index contributed by atoms with van der Waals surface area (Å²) in [6, 6.07) is 14.2. The van der Waals surface area contributed by atoms with Gasteiger partial charge in [0.25, 0.3) is 0 Å². The van der Waals surface area contributed by atoms with E-state index in [1.165, 1.54) is 6.26 Å². The van der Waals surface area contributed by atoms with E-state index in [4.69, 9.17) is 9.47 Å². The topological polar surface area (TPSA) is 69.7 Å². The number of ether oxygens (including phenoxy) is 2. The quantitative estimate of drug-likeness (QED) is 0.299. The lowest BCUT2D eigenvalue weighted by Gasteiger charge is -2.07. The summed E-state index contributed by atoms with van der Waals surface area (Å²) < 4.78 is 33.4. The van der Waals surface area contributed by atoms with Gasteiger partial charge < -0.3 is 9.47 Å². The molecule has 0 radical (unpaired) electrons. The van der Waals surface area contributed by atoms with Crippen LogP contribution in [0.3, 0.4) is 0 Å². The maximum absolute atomic E-state index is 11.5. The third-order valence-corrected chi connectivity index (χ3v) is 4.72. The molecule has 0 aliphatic carbocycles. The Hall–Kier alpha value is -2.86. The molecule has 0 aliphatic rings. The van der Waals surface area contributed by atoms with Crippen molar-refractivity contribution >= 4 is 28.0 Å². The lowest BCUT2D eigenvalue weighted by atomic mass is 10.1. The zero-order chi connectivity index (χ0) is 19.9. The third-order valence-electron chi connectivity index (χ3n) is 3.59. The van der Waals surface area contributed by atoms with E-state index in [1.807, 2.05) is 36.4 Å². The Morgan fingerprint density at radius 2 is 1.48 bits per heavy atom. The number of esters is 1. The summed E-state index contributed by atoms with van der Waals surface area (Å²) in [5.41, 5.74) is 2.24. The van der Waals surface area contributed by atoms with Crippen molar-refractivity contribution < 1.29 is 22.7 Å². The van der Waals surface area contributed by atoms with E-state index >= 15 is 0 Å². The minimum absolute atomic E-state index is 0.164. The van der Waals surface area contributed by atoms with Gasteiger partial charge in [0.15, 0.2) is 9.84 Å². The SMILES string of the molecule is C=C(C)C(=O)OCCOc1ccc(C=Cc2ccc(S(C)(=O)=O)cc2)cc1. The molecule has 27 heavy (non-hydrogen) atoms. The van der Waals surface area contributed by atoms with E-state index in [2.05, 4.69) is 6.58 Å². The van der Waals surface area contributed by atoms with Crippen LogP contribution < -0.4 is 4.74 Å². The first-order valence-corrected chi connectivity index (χ1v) is 10.2. The number of rotatable bonds is 8. The predicted molar refractivity (Wildman–Crippen MR) is 106 cm³/mol. The fourth-order valence-electron chi connectivity index (χ4n) is 2.11. The molecule has 0 spiro atoms. The summed E-state index contributed by atoms with van der Waals surface area (Å²) in [5.74, 6) is 0.250. The van der Waals surface area contributed by atoms with Crippen molar-refractivity contribution in [1.29, 1.82) is 0 Å². The van der Waals surface area contributed by atoms with E-state index in [1.54, 1.807) is 31.2 Å². The first-order chi connectivity index (χ1) is 12.8. The first kappa shape index (κ1) is 20.5. The molecule has 0 bridgehead atoms. The van der Waals surface area contributed by atoms with Gasteiger partial charge in [0.1, 0.15) is 19.0 Å². The normalized spacial score (nSPS) is 11.3. The second-order valence-corrected chi connectivity index (χ2v) is 8.02. The van der Waals surface area contributed by atoms with Crippen LogP contribution in [0.2, 0.25) is 0 Å². The van der Waals surface area contributed by atoms with Crippen molar-refractivity contribution in [2.75, 3.05) is 19.5 Å². The molecule has 2 aromatic rings. The van der Waals surface area contributed by atoms with Crippen LogP contribution in [-0.2, 0) is 19.4 Å². The maximum atomic E-state index is 11.5. The van der Waals surface area contributed by atoms with Crippen LogP contribution in [-0.4, -0.2) is 33.9 Å². The molecule has 0 aliphatic heterocycles. The summed E-state index contributed by atoms with van der Waals surface area (Å²) in [6.45, 7) is 5.53. The van der Waals surface area contributed by atoms with Gasteiger partial charge in [0.2, 0.25) is 0 Å². The molecule has 0 aromatic heterocycles. The lowest BCUT2D eigenvalue weighted by molar-refractivity contribution is -0.139. The summed E-state index contributed by atoms with van der Waals surface area (Å²) in [4.78, 5) is 11.5. The highest BCUT2D eigenvalue weighted by Crippen LogP contribution is 2.16. The summed E-state index contributed by atoms with van der Waals surface area (Å²) in [6.07, 6.45) is 5.01. The highest BCUT2D eigenvalue weighted by Gasteiger charge is 2.05. The zero-order valence-corrected chi connectivity index (χ0v) is 16.2. The average molecular weight is 386 g/mol. The van der Waals surface area contributed by atoms with Crippen molar-refractivity contribution in [3.05, 3.63) is 71.8 Å². The number of hydrogen-bond donors (Lipinski definition) is 0. The van der Waals surface area contributed by atoms with Crippen LogP contribution in [0.5, 0.6) is 5.75 Å². The van der Waals surface area contributed by atoms with Crippen LogP contribution >= 0.6 is 0 Å². The van der Waals surface area contributed by atoms with Crippen LogP contribution in [0.4, 0.5) is 0 Å². The fraction of sp³-hybridized carbons (Fsp3) is 0.190. The Morgan fingerprint density at radius 1 is 0.963 bits per heavy atom. The summed E-state index contributed by atoms with van der Waals surface area (Å²) >= 11 is 0. The highest BCUT2D eigenvalue weighted by molar-refractivity contribution is 7.90. The van der Waals surface area contributed by atoms with Gasteiger partial charge in [-0.05, 0) is 42.3 Å². The lowest BCUT2D eigenvalue weighted by Crippen LogP contribution is -2.12. The van der Waals surface area contributed by atoms with Crippen LogP contribution in [0, 0.1) is 0 Å². The van der Waals surface area contributed by atoms with E-state index in [0.29, 0.717) is 16.2 Å². The van der Waals surface area contributed by atoms with Gasteiger partial charge in [-0.2, -0.15) is 0 Å². The minimum atomic E-state index is -3.18. The number of carbonyl (C=O) groups is 1. The number of sulfone groups is 1. The van der Waals surface area contributed by atoms with Gasteiger partial charge in [-0.25, -0.2) is 13.2 Å². The standard InChI is InChI=1S/C21H22O5S/c1-16(2)21(22)26-15-14-25-19-10-6-17(7-11-19)4-5-18-8-12-20(13-9-18)27(3,23)24/h4-13H,1,14-15H2,2-3H3. The molecular formula is C21H22O5S. The largest absolute Gasteiger partial charge is 0.490 e. The van der Waals surface area contributed by atoms with Crippen LogP contribution in [0.1, 0.15) is 18.1 Å². The summed E-state index contributed by atoms with van der Waals surface area (Å²) in [5, 5.41) is 0. The Kier molecular flexibility index (Phi) is 6.96. The average Bonchev–Trinajstić information content (AvgIpc) is 2.64. The van der Waals surface area contributed by atoms with Gasteiger partial charge in [-0.1, -0.05) is 43.0 Å². The molecule has 2 rings (SSSR count). The van der Waals surface area contributed by atoms with E-state index in [9.17, 15) is 13.2 Å². The Bertz CT molecular complexity index is 924. The van der Waals surface area contributed by atoms with Gasteiger partial charge >= 0.3 is 5.97 Å². The van der Waals surface area contributed by atoms with Crippen LogP contribution in [0.25, 0.3) is 12.2 Å². The fourth-order valence-corrected chi connectivity index (χ4v) is 2.74. The van der Waals surface area contributed by atoms with Gasteiger partial charge in [-0.15, -0.1) is 0 Å². The van der Waals surface area contributed by atoms with Crippen LogP contribution in [0.15, 0.2) is 65.6 Å². The van der Waals surface area contributed by atoms with Crippen molar-refractivity contribution in [3.63, 3.8) is 0 Å². The van der Waals surface area contributed by atoms with Gasteiger partial charge in [0.05, 0.1) is 4.90 Å². The molecule has 0 fully saturated rings. The second kappa shape index (κ2) is 9.19. The zero-order valence-electron chi connectivity index (χ0n) is 15.3. The molecular weight excluding hydrogens is 364 g/mol. The van der Waals surface area contributed by atoms with Crippen molar-refractivity contribution in [2.45, 2.75) is 11.8 Å². The number of benzene rings is 2. The Labute approximate surface area is 159 Å². The highest BCUT2D eigenvalue weighted by atomic mass is 32.2. The molecule has 2 aromatic carbocycles. The second-order valence-electron chi connectivity index (χ2n) is 6.01. The first-order valence-electron chi connectivity index (χ1n) is 8.29. The van der Waals surface area contributed by atoms with Crippen molar-refractivity contribution in [1.82, 2.24) is 0 Å². The smallest absolute Gasteiger partial charge is 0.333 e. The molecule has 0 N–H and O–H groups in total. The molecule has 0 saturated heterocycles. The molecule has 142 valence electrons. The number of carbonyl (C=O) groups excluding carboxylic acids is 1. The molecule has 0 unspecified atom stereocenters. The molecule has 0 heterocycles. The molecule has 0 amide bonds.